The van der Waals surface area contributed by atoms with Gasteiger partial charge >= 0.3 is 0 Å². The van der Waals surface area contributed by atoms with Gasteiger partial charge in [0.1, 0.15) is 11.6 Å². The molecular weight excluding hydrogens is 262 g/mol. The summed E-state index contributed by atoms with van der Waals surface area (Å²) in [5, 5.41) is 35.5. The second-order valence-electron chi connectivity index (χ2n) is 3.81. The van der Waals surface area contributed by atoms with E-state index < -0.39 is 4.92 Å². The molecular formula is C11H9N7O2. The molecule has 1 heterocycles. The van der Waals surface area contributed by atoms with Crippen molar-refractivity contribution in [3.63, 3.8) is 0 Å². The lowest BCUT2D eigenvalue weighted by atomic mass is 10.2. The SMILES string of the molecule is Cc1cc(NC=C(C#N)c2nn[nH]n2)ccc1[N+](=O)[O-]. The molecule has 9 heteroatoms. The number of aromatic nitrogens is 4. The summed E-state index contributed by atoms with van der Waals surface area (Å²) in [5.41, 5.74) is 1.36. The Morgan fingerprint density at radius 2 is 2.40 bits per heavy atom. The Labute approximate surface area is 113 Å². The Balaban J connectivity index is 2.21. The van der Waals surface area contributed by atoms with Crippen molar-refractivity contribution in [2.75, 3.05) is 5.32 Å². The van der Waals surface area contributed by atoms with Crippen molar-refractivity contribution < 1.29 is 4.92 Å². The van der Waals surface area contributed by atoms with Gasteiger partial charge in [0, 0.05) is 23.5 Å². The molecule has 100 valence electrons. The Kier molecular flexibility index (Phi) is 3.67. The lowest BCUT2D eigenvalue weighted by molar-refractivity contribution is -0.385. The molecule has 2 rings (SSSR count). The Hall–Kier alpha value is -3.28. The number of nitro groups is 1. The van der Waals surface area contributed by atoms with Crippen LogP contribution in [0.5, 0.6) is 0 Å². The van der Waals surface area contributed by atoms with Gasteiger partial charge in [0.15, 0.2) is 0 Å². The lowest BCUT2D eigenvalue weighted by Gasteiger charge is -2.03. The Morgan fingerprint density at radius 3 is 2.95 bits per heavy atom. The third kappa shape index (κ3) is 2.75. The summed E-state index contributed by atoms with van der Waals surface area (Å²) < 4.78 is 0. The van der Waals surface area contributed by atoms with E-state index in [2.05, 4.69) is 25.9 Å². The van der Waals surface area contributed by atoms with Gasteiger partial charge in [0.2, 0.25) is 5.82 Å². The van der Waals surface area contributed by atoms with Crippen LogP contribution in [0.2, 0.25) is 0 Å². The number of tetrazole rings is 1. The van der Waals surface area contributed by atoms with E-state index in [1.807, 2.05) is 6.07 Å². The van der Waals surface area contributed by atoms with Gasteiger partial charge in [-0.1, -0.05) is 0 Å². The highest BCUT2D eigenvalue weighted by atomic mass is 16.6. The average Bonchev–Trinajstić information content (AvgIpc) is 2.93. The Morgan fingerprint density at radius 1 is 1.60 bits per heavy atom. The minimum absolute atomic E-state index is 0.0400. The molecule has 0 bridgehead atoms. The van der Waals surface area contributed by atoms with Crippen LogP contribution < -0.4 is 5.32 Å². The second-order valence-corrected chi connectivity index (χ2v) is 3.81. The van der Waals surface area contributed by atoms with Crippen LogP contribution in [0.15, 0.2) is 24.4 Å². The summed E-state index contributed by atoms with van der Waals surface area (Å²) in [6.07, 6.45) is 1.41. The molecule has 9 nitrogen and oxygen atoms in total. The first-order chi connectivity index (χ1) is 9.61. The summed E-state index contributed by atoms with van der Waals surface area (Å²) >= 11 is 0. The summed E-state index contributed by atoms with van der Waals surface area (Å²) in [4.78, 5) is 10.3. The highest BCUT2D eigenvalue weighted by Crippen LogP contribution is 2.21. The molecule has 0 radical (unpaired) electrons. The smallest absolute Gasteiger partial charge is 0.272 e. The number of aromatic amines is 1. The van der Waals surface area contributed by atoms with Crippen molar-refractivity contribution in [3.8, 4) is 6.07 Å². The first-order valence-electron chi connectivity index (χ1n) is 5.47. The van der Waals surface area contributed by atoms with E-state index in [4.69, 9.17) is 5.26 Å². The van der Waals surface area contributed by atoms with E-state index in [-0.39, 0.29) is 17.1 Å². The van der Waals surface area contributed by atoms with E-state index in [1.54, 1.807) is 19.1 Å². The van der Waals surface area contributed by atoms with Gasteiger partial charge in [-0.3, -0.25) is 10.1 Å². The standard InChI is InChI=1S/C11H9N7O2/c1-7-4-9(2-3-10(7)18(19)20)13-6-8(5-12)11-14-16-17-15-11/h2-4,6,13H,1H3,(H,14,15,16,17). The van der Waals surface area contributed by atoms with Gasteiger partial charge in [-0.25, -0.2) is 0 Å². The van der Waals surface area contributed by atoms with Crippen molar-refractivity contribution in [3.05, 3.63) is 45.9 Å². The molecule has 0 saturated heterocycles. The number of nitro benzene ring substituents is 1. The van der Waals surface area contributed by atoms with E-state index in [9.17, 15) is 10.1 Å². The van der Waals surface area contributed by atoms with Crippen molar-refractivity contribution in [1.29, 1.82) is 5.26 Å². The van der Waals surface area contributed by atoms with Crippen molar-refractivity contribution in [1.82, 2.24) is 20.6 Å². The zero-order valence-corrected chi connectivity index (χ0v) is 10.4. The molecule has 0 aliphatic heterocycles. The number of anilines is 1. The van der Waals surface area contributed by atoms with Crippen molar-refractivity contribution in [2.24, 2.45) is 0 Å². The topological polar surface area (TPSA) is 133 Å². The molecule has 1 aromatic heterocycles. The summed E-state index contributed by atoms with van der Waals surface area (Å²) in [5.74, 6) is 0.165. The van der Waals surface area contributed by atoms with E-state index >= 15 is 0 Å². The Bertz CT molecular complexity index is 700. The predicted octanol–water partition coefficient (Wildman–Crippen LogP) is 1.39. The van der Waals surface area contributed by atoms with Crippen molar-refractivity contribution >= 4 is 16.9 Å². The number of H-pyrrole nitrogens is 1. The van der Waals surface area contributed by atoms with Crippen LogP contribution in [-0.4, -0.2) is 25.5 Å². The molecule has 0 saturated carbocycles. The summed E-state index contributed by atoms with van der Waals surface area (Å²) in [7, 11) is 0. The number of hydrogen-bond donors (Lipinski definition) is 2. The molecule has 0 spiro atoms. The summed E-state index contributed by atoms with van der Waals surface area (Å²) in [6.45, 7) is 1.64. The number of nitrogens with zero attached hydrogens (tertiary/aromatic N) is 5. The van der Waals surface area contributed by atoms with Crippen LogP contribution in [0.1, 0.15) is 11.4 Å². The van der Waals surface area contributed by atoms with Crippen LogP contribution >= 0.6 is 0 Å². The third-order valence-corrected chi connectivity index (χ3v) is 2.48. The first kappa shape index (κ1) is 13.2. The van der Waals surface area contributed by atoms with Gasteiger partial charge in [-0.05, 0) is 24.3 Å². The first-order valence-corrected chi connectivity index (χ1v) is 5.47. The normalized spacial score (nSPS) is 10.9. The van der Waals surface area contributed by atoms with E-state index in [0.717, 1.165) is 0 Å². The van der Waals surface area contributed by atoms with E-state index in [0.29, 0.717) is 11.3 Å². The zero-order valence-electron chi connectivity index (χ0n) is 10.4. The predicted molar refractivity (Wildman–Crippen MR) is 69.2 cm³/mol. The number of hydrogen-bond acceptors (Lipinski definition) is 7. The van der Waals surface area contributed by atoms with Crippen LogP contribution in [0, 0.1) is 28.4 Å². The molecule has 0 unspecified atom stereocenters. The third-order valence-electron chi connectivity index (χ3n) is 2.48. The monoisotopic (exact) mass is 271 g/mol. The highest BCUT2D eigenvalue weighted by Gasteiger charge is 2.10. The van der Waals surface area contributed by atoms with E-state index in [1.165, 1.54) is 12.3 Å². The molecule has 0 amide bonds. The fourth-order valence-corrected chi connectivity index (χ4v) is 1.53. The zero-order chi connectivity index (χ0) is 14.5. The number of nitriles is 1. The van der Waals surface area contributed by atoms with Gasteiger partial charge in [0.25, 0.3) is 5.69 Å². The maximum absolute atomic E-state index is 10.7. The largest absolute Gasteiger partial charge is 0.360 e. The molecule has 1 aromatic carbocycles. The number of allylic oxidation sites excluding steroid dienone is 1. The molecule has 2 N–H and O–H groups in total. The van der Waals surface area contributed by atoms with Gasteiger partial charge in [0.05, 0.1) is 4.92 Å². The molecule has 0 aliphatic rings. The van der Waals surface area contributed by atoms with Crippen LogP contribution in [0.4, 0.5) is 11.4 Å². The quantitative estimate of drug-likeness (QED) is 0.487. The van der Waals surface area contributed by atoms with Gasteiger partial charge < -0.3 is 5.32 Å². The number of aryl methyl sites for hydroxylation is 1. The molecule has 0 fully saturated rings. The van der Waals surface area contributed by atoms with Crippen LogP contribution in [0.3, 0.4) is 0 Å². The number of rotatable bonds is 4. The maximum atomic E-state index is 10.7. The van der Waals surface area contributed by atoms with Crippen molar-refractivity contribution in [2.45, 2.75) is 6.92 Å². The van der Waals surface area contributed by atoms with Crippen LogP contribution in [-0.2, 0) is 0 Å². The lowest BCUT2D eigenvalue weighted by Crippen LogP contribution is -1.95. The molecule has 0 aliphatic carbocycles. The highest BCUT2D eigenvalue weighted by molar-refractivity contribution is 5.74. The number of benzene rings is 1. The molecule has 0 atom stereocenters. The minimum atomic E-state index is -0.449. The average molecular weight is 271 g/mol. The fourth-order valence-electron chi connectivity index (χ4n) is 1.53. The molecule has 2 aromatic rings. The maximum Gasteiger partial charge on any atom is 0.272 e. The van der Waals surface area contributed by atoms with Gasteiger partial charge in [-0.15, -0.1) is 10.2 Å². The minimum Gasteiger partial charge on any atom is -0.360 e. The summed E-state index contributed by atoms with van der Waals surface area (Å²) in [6, 6.07) is 6.48. The van der Waals surface area contributed by atoms with Crippen LogP contribution in [0.25, 0.3) is 5.57 Å². The number of nitrogens with one attached hydrogen (secondary N) is 2. The fraction of sp³-hybridized carbons (Fsp3) is 0.0909. The second kappa shape index (κ2) is 5.57. The molecule has 20 heavy (non-hydrogen) atoms. The van der Waals surface area contributed by atoms with Gasteiger partial charge in [-0.2, -0.15) is 10.5 Å².